The molecule has 0 saturated carbocycles. The highest BCUT2D eigenvalue weighted by Crippen LogP contribution is 2.24. The zero-order valence-electron chi connectivity index (χ0n) is 14.6. The van der Waals surface area contributed by atoms with Crippen LogP contribution < -0.4 is 4.72 Å². The van der Waals surface area contributed by atoms with Gasteiger partial charge in [0, 0.05) is 5.02 Å². The molecule has 7 heteroatoms. The molecule has 0 aliphatic carbocycles. The second kappa shape index (κ2) is 7.51. The van der Waals surface area contributed by atoms with Crippen LogP contribution in [0, 0.1) is 13.8 Å². The lowest BCUT2D eigenvalue weighted by Crippen LogP contribution is -2.16. The van der Waals surface area contributed by atoms with Gasteiger partial charge >= 0.3 is 0 Å². The summed E-state index contributed by atoms with van der Waals surface area (Å²) >= 11 is 6.22. The van der Waals surface area contributed by atoms with Crippen molar-refractivity contribution < 1.29 is 8.42 Å². The van der Waals surface area contributed by atoms with Crippen LogP contribution in [0.15, 0.2) is 54.6 Å². The maximum atomic E-state index is 12.5. The van der Waals surface area contributed by atoms with E-state index in [0.29, 0.717) is 22.9 Å². The Balaban J connectivity index is 1.83. The average Bonchev–Trinajstić information content (AvgIpc) is 2.84. The lowest BCUT2D eigenvalue weighted by molar-refractivity contribution is 0.600. The van der Waals surface area contributed by atoms with Gasteiger partial charge in [-0.1, -0.05) is 60.1 Å². The van der Waals surface area contributed by atoms with Gasteiger partial charge in [-0.05, 0) is 31.0 Å². The third-order valence-corrected chi connectivity index (χ3v) is 5.71. The number of nitrogens with zero attached hydrogens (tertiary/aromatic N) is 2. The van der Waals surface area contributed by atoms with Crippen molar-refractivity contribution in [1.82, 2.24) is 9.78 Å². The minimum atomic E-state index is -3.53. The predicted molar refractivity (Wildman–Crippen MR) is 105 cm³/mol. The van der Waals surface area contributed by atoms with Gasteiger partial charge in [0.05, 0.1) is 29.4 Å². The molecule has 3 aromatic rings. The van der Waals surface area contributed by atoms with E-state index >= 15 is 0 Å². The number of sulfonamides is 1. The van der Waals surface area contributed by atoms with Crippen molar-refractivity contribution in [2.24, 2.45) is 0 Å². The van der Waals surface area contributed by atoms with E-state index in [0.717, 1.165) is 16.8 Å². The number of anilines is 1. The van der Waals surface area contributed by atoms with Gasteiger partial charge in [-0.3, -0.25) is 9.40 Å². The number of aromatic nitrogens is 2. The summed E-state index contributed by atoms with van der Waals surface area (Å²) in [6.07, 6.45) is 0. The Labute approximate surface area is 158 Å². The third-order valence-electron chi connectivity index (χ3n) is 4.12. The summed E-state index contributed by atoms with van der Waals surface area (Å²) < 4.78 is 29.5. The van der Waals surface area contributed by atoms with E-state index in [9.17, 15) is 8.42 Å². The van der Waals surface area contributed by atoms with Crippen molar-refractivity contribution in [2.45, 2.75) is 26.1 Å². The van der Waals surface area contributed by atoms with E-state index in [4.69, 9.17) is 11.6 Å². The topological polar surface area (TPSA) is 64.0 Å². The normalized spacial score (nSPS) is 11.5. The van der Waals surface area contributed by atoms with Crippen LogP contribution in [0.5, 0.6) is 0 Å². The van der Waals surface area contributed by atoms with Gasteiger partial charge in [0.2, 0.25) is 10.0 Å². The molecule has 0 fully saturated rings. The Morgan fingerprint density at radius 2 is 1.69 bits per heavy atom. The second-order valence-electron chi connectivity index (χ2n) is 6.14. The number of aryl methyl sites for hydroxylation is 1. The van der Waals surface area contributed by atoms with Gasteiger partial charge in [-0.25, -0.2) is 8.42 Å². The average molecular weight is 390 g/mol. The Bertz CT molecular complexity index is 1010. The number of hydrogen-bond acceptors (Lipinski definition) is 3. The predicted octanol–water partition coefficient (Wildman–Crippen LogP) is 4.14. The molecule has 5 nitrogen and oxygen atoms in total. The van der Waals surface area contributed by atoms with Gasteiger partial charge < -0.3 is 0 Å². The molecular weight excluding hydrogens is 370 g/mol. The Morgan fingerprint density at radius 3 is 2.38 bits per heavy atom. The maximum absolute atomic E-state index is 12.5. The summed E-state index contributed by atoms with van der Waals surface area (Å²) in [4.78, 5) is 0. The molecule has 136 valence electrons. The molecule has 1 aromatic heterocycles. The molecule has 0 unspecified atom stereocenters. The number of benzene rings is 2. The maximum Gasteiger partial charge on any atom is 0.237 e. The molecule has 0 amide bonds. The van der Waals surface area contributed by atoms with Gasteiger partial charge in [0.1, 0.15) is 0 Å². The SMILES string of the molecule is Cc1nn(Cc2ccccc2Cl)c(C)c1NS(=O)(=O)Cc1ccccc1. The molecule has 1 N–H and O–H groups in total. The van der Waals surface area contributed by atoms with Crippen LogP contribution >= 0.6 is 11.6 Å². The van der Waals surface area contributed by atoms with E-state index in [1.165, 1.54) is 0 Å². The van der Waals surface area contributed by atoms with Crippen LogP contribution in [0.4, 0.5) is 5.69 Å². The summed E-state index contributed by atoms with van der Waals surface area (Å²) in [5.41, 5.74) is 3.57. The van der Waals surface area contributed by atoms with Crippen LogP contribution in [0.2, 0.25) is 5.02 Å². The van der Waals surface area contributed by atoms with Gasteiger partial charge in [-0.2, -0.15) is 5.10 Å². The molecule has 0 spiro atoms. The monoisotopic (exact) mass is 389 g/mol. The molecule has 0 aliphatic rings. The molecule has 3 rings (SSSR count). The standard InChI is InChI=1S/C19H20ClN3O2S/c1-14-19(22-26(24,25)13-16-8-4-3-5-9-16)15(2)23(21-14)12-17-10-6-7-11-18(17)20/h3-11,22H,12-13H2,1-2H3. The van der Waals surface area contributed by atoms with Crippen LogP contribution in [0.1, 0.15) is 22.5 Å². The van der Waals surface area contributed by atoms with Crippen LogP contribution in [0.3, 0.4) is 0 Å². The summed E-state index contributed by atoms with van der Waals surface area (Å²) in [5, 5.41) is 5.13. The molecular formula is C19H20ClN3O2S. The van der Waals surface area contributed by atoms with E-state index in [-0.39, 0.29) is 5.75 Å². The van der Waals surface area contributed by atoms with Crippen molar-refractivity contribution in [2.75, 3.05) is 4.72 Å². The fourth-order valence-corrected chi connectivity index (χ4v) is 4.28. The summed E-state index contributed by atoms with van der Waals surface area (Å²) in [5.74, 6) is -0.0809. The van der Waals surface area contributed by atoms with E-state index < -0.39 is 10.0 Å². The molecule has 0 bridgehead atoms. The lowest BCUT2D eigenvalue weighted by atomic mass is 10.2. The van der Waals surface area contributed by atoms with Crippen molar-refractivity contribution in [1.29, 1.82) is 0 Å². The third kappa shape index (κ3) is 4.26. The van der Waals surface area contributed by atoms with Gasteiger partial charge in [0.25, 0.3) is 0 Å². The minimum Gasteiger partial charge on any atom is -0.280 e. The van der Waals surface area contributed by atoms with E-state index in [1.54, 1.807) is 23.7 Å². The Morgan fingerprint density at radius 1 is 1.04 bits per heavy atom. The summed E-state index contributed by atoms with van der Waals surface area (Å²) in [7, 11) is -3.53. The largest absolute Gasteiger partial charge is 0.280 e. The number of halogens is 1. The first kappa shape index (κ1) is 18.5. The smallest absolute Gasteiger partial charge is 0.237 e. The van der Waals surface area contributed by atoms with Crippen molar-refractivity contribution >= 4 is 27.3 Å². The van der Waals surface area contributed by atoms with Crippen LogP contribution in [-0.4, -0.2) is 18.2 Å². The second-order valence-corrected chi connectivity index (χ2v) is 8.27. The first-order valence-electron chi connectivity index (χ1n) is 8.17. The van der Waals surface area contributed by atoms with E-state index in [1.807, 2.05) is 49.4 Å². The van der Waals surface area contributed by atoms with Crippen molar-refractivity contribution in [3.8, 4) is 0 Å². The molecule has 2 aromatic carbocycles. The number of hydrogen-bond donors (Lipinski definition) is 1. The van der Waals surface area contributed by atoms with Gasteiger partial charge in [-0.15, -0.1) is 0 Å². The highest BCUT2D eigenvalue weighted by molar-refractivity contribution is 7.91. The van der Waals surface area contributed by atoms with Crippen molar-refractivity contribution in [3.05, 3.63) is 82.1 Å². The number of nitrogens with one attached hydrogen (secondary N) is 1. The molecule has 0 aliphatic heterocycles. The first-order valence-corrected chi connectivity index (χ1v) is 10.2. The zero-order valence-corrected chi connectivity index (χ0v) is 16.2. The van der Waals surface area contributed by atoms with Crippen molar-refractivity contribution in [3.63, 3.8) is 0 Å². The quantitative estimate of drug-likeness (QED) is 0.689. The summed E-state index contributed by atoms with van der Waals surface area (Å²) in [6.45, 7) is 4.11. The zero-order chi connectivity index (χ0) is 18.7. The first-order chi connectivity index (χ1) is 12.4. The molecule has 1 heterocycles. The highest BCUT2D eigenvalue weighted by atomic mass is 35.5. The lowest BCUT2D eigenvalue weighted by Gasteiger charge is -2.10. The van der Waals surface area contributed by atoms with Crippen LogP contribution in [-0.2, 0) is 22.3 Å². The highest BCUT2D eigenvalue weighted by Gasteiger charge is 2.19. The minimum absolute atomic E-state index is 0.0809. The molecule has 0 saturated heterocycles. The fourth-order valence-electron chi connectivity index (χ4n) is 2.77. The van der Waals surface area contributed by atoms with E-state index in [2.05, 4.69) is 9.82 Å². The number of rotatable bonds is 6. The Kier molecular flexibility index (Phi) is 5.34. The molecule has 0 atom stereocenters. The summed E-state index contributed by atoms with van der Waals surface area (Å²) in [6, 6.07) is 16.6. The van der Waals surface area contributed by atoms with Gasteiger partial charge in [0.15, 0.2) is 0 Å². The van der Waals surface area contributed by atoms with Crippen LogP contribution in [0.25, 0.3) is 0 Å². The Hall–Kier alpha value is -2.31. The fraction of sp³-hybridized carbons (Fsp3) is 0.211. The molecule has 26 heavy (non-hydrogen) atoms. The molecule has 0 radical (unpaired) electrons.